The van der Waals surface area contributed by atoms with E-state index in [4.69, 9.17) is 11.6 Å². The number of hydrogen-bond donors (Lipinski definition) is 1. The molecule has 0 spiro atoms. The van der Waals surface area contributed by atoms with Crippen molar-refractivity contribution in [2.45, 2.75) is 38.8 Å². The molecular formula is C24H26ClN3O. The summed E-state index contributed by atoms with van der Waals surface area (Å²) in [6, 6.07) is 19.8. The number of halogens is 1. The molecule has 0 fully saturated rings. The first-order valence-electron chi connectivity index (χ1n) is 9.91. The molecule has 0 saturated heterocycles. The largest absolute Gasteiger partial charge is 0.348 e. The molecule has 1 atom stereocenters. The summed E-state index contributed by atoms with van der Waals surface area (Å²) in [6.07, 6.45) is 2.08. The van der Waals surface area contributed by atoms with E-state index in [0.29, 0.717) is 17.3 Å². The Kier molecular flexibility index (Phi) is 5.13. The van der Waals surface area contributed by atoms with Crippen LogP contribution in [0, 0.1) is 0 Å². The van der Waals surface area contributed by atoms with E-state index in [-0.39, 0.29) is 17.5 Å². The van der Waals surface area contributed by atoms with Gasteiger partial charge < -0.3 is 14.8 Å². The van der Waals surface area contributed by atoms with Crippen LogP contribution < -0.4 is 5.32 Å². The van der Waals surface area contributed by atoms with E-state index in [0.717, 1.165) is 17.8 Å². The molecule has 1 aromatic heterocycles. The van der Waals surface area contributed by atoms with Crippen LogP contribution in [0.3, 0.4) is 0 Å². The van der Waals surface area contributed by atoms with Crippen LogP contribution in [0.25, 0.3) is 0 Å². The molecule has 150 valence electrons. The molecule has 1 N–H and O–H groups in total. The van der Waals surface area contributed by atoms with E-state index in [1.807, 2.05) is 23.1 Å². The first-order valence-corrected chi connectivity index (χ1v) is 10.3. The van der Waals surface area contributed by atoms with Crippen molar-refractivity contribution < 1.29 is 4.79 Å². The zero-order valence-corrected chi connectivity index (χ0v) is 17.8. The number of rotatable bonds is 2. The van der Waals surface area contributed by atoms with Crippen LogP contribution in [0.4, 0.5) is 10.5 Å². The van der Waals surface area contributed by atoms with Crippen molar-refractivity contribution in [2.75, 3.05) is 11.9 Å². The molecule has 5 heteroatoms. The number of nitrogens with zero attached hydrogens (tertiary/aromatic N) is 2. The third-order valence-corrected chi connectivity index (χ3v) is 5.70. The lowest BCUT2D eigenvalue weighted by atomic mass is 9.86. The quantitative estimate of drug-likeness (QED) is 0.549. The van der Waals surface area contributed by atoms with Gasteiger partial charge in [0.15, 0.2) is 0 Å². The third-order valence-electron chi connectivity index (χ3n) is 5.47. The van der Waals surface area contributed by atoms with Crippen molar-refractivity contribution in [1.29, 1.82) is 0 Å². The molecule has 0 saturated carbocycles. The molecule has 4 nitrogen and oxygen atoms in total. The van der Waals surface area contributed by atoms with Gasteiger partial charge in [0.05, 0.1) is 6.04 Å². The highest BCUT2D eigenvalue weighted by Crippen LogP contribution is 2.34. The van der Waals surface area contributed by atoms with Crippen molar-refractivity contribution in [3.05, 3.63) is 88.7 Å². The Morgan fingerprint density at radius 3 is 2.48 bits per heavy atom. The number of fused-ring (bicyclic) bond motifs is 1. The minimum Gasteiger partial charge on any atom is -0.348 e. The van der Waals surface area contributed by atoms with Crippen molar-refractivity contribution in [2.24, 2.45) is 0 Å². The van der Waals surface area contributed by atoms with Gasteiger partial charge in [-0.05, 0) is 46.9 Å². The van der Waals surface area contributed by atoms with Crippen LogP contribution >= 0.6 is 11.6 Å². The molecule has 0 aliphatic carbocycles. The third kappa shape index (κ3) is 4.03. The van der Waals surface area contributed by atoms with Crippen molar-refractivity contribution in [3.63, 3.8) is 0 Å². The standard InChI is InChI=1S/C24H26ClN3O/c1-24(2,3)18-11-9-17(10-12-18)22-21-8-5-13-27(21)14-15-28(22)23(29)26-20-7-4-6-19(25)16-20/h4-13,16,22H,14-15H2,1-3H3,(H,26,29). The maximum atomic E-state index is 13.2. The number of hydrogen-bond acceptors (Lipinski definition) is 1. The number of carbonyl (C=O) groups is 1. The van der Waals surface area contributed by atoms with Gasteiger partial charge in [-0.15, -0.1) is 0 Å². The number of nitrogens with one attached hydrogen (secondary N) is 1. The van der Waals surface area contributed by atoms with Crippen LogP contribution in [0.1, 0.15) is 43.6 Å². The van der Waals surface area contributed by atoms with Crippen LogP contribution in [-0.4, -0.2) is 22.0 Å². The van der Waals surface area contributed by atoms with Gasteiger partial charge >= 0.3 is 6.03 Å². The second-order valence-electron chi connectivity index (χ2n) is 8.53. The molecule has 2 aromatic carbocycles. The number of benzene rings is 2. The summed E-state index contributed by atoms with van der Waals surface area (Å²) in [5, 5.41) is 3.61. The van der Waals surface area contributed by atoms with Crippen LogP contribution in [0.5, 0.6) is 0 Å². The summed E-state index contributed by atoms with van der Waals surface area (Å²) in [5.74, 6) is 0. The van der Waals surface area contributed by atoms with E-state index in [9.17, 15) is 4.79 Å². The molecule has 3 aromatic rings. The second kappa shape index (κ2) is 7.60. The van der Waals surface area contributed by atoms with Gasteiger partial charge in [-0.1, -0.05) is 62.7 Å². The number of anilines is 1. The van der Waals surface area contributed by atoms with Gasteiger partial charge in [-0.25, -0.2) is 4.79 Å². The second-order valence-corrected chi connectivity index (χ2v) is 8.97. The molecule has 1 aliphatic rings. The van der Waals surface area contributed by atoms with E-state index in [2.05, 4.69) is 67.2 Å². The monoisotopic (exact) mass is 407 g/mol. The normalized spacial score (nSPS) is 16.4. The lowest BCUT2D eigenvalue weighted by Crippen LogP contribution is -2.44. The summed E-state index contributed by atoms with van der Waals surface area (Å²) >= 11 is 6.07. The highest BCUT2D eigenvalue weighted by atomic mass is 35.5. The Hall–Kier alpha value is -2.72. The number of urea groups is 1. The fourth-order valence-electron chi connectivity index (χ4n) is 3.88. The predicted molar refractivity (Wildman–Crippen MR) is 119 cm³/mol. The maximum Gasteiger partial charge on any atom is 0.322 e. The fraction of sp³-hybridized carbons (Fsp3) is 0.292. The number of aromatic nitrogens is 1. The van der Waals surface area contributed by atoms with E-state index < -0.39 is 0 Å². The lowest BCUT2D eigenvalue weighted by Gasteiger charge is -2.37. The highest BCUT2D eigenvalue weighted by Gasteiger charge is 2.32. The minimum atomic E-state index is -0.132. The summed E-state index contributed by atoms with van der Waals surface area (Å²) in [6.45, 7) is 8.04. The molecule has 29 heavy (non-hydrogen) atoms. The van der Waals surface area contributed by atoms with Crippen molar-refractivity contribution >= 4 is 23.3 Å². The minimum absolute atomic E-state index is 0.0922. The predicted octanol–water partition coefficient (Wildman–Crippen LogP) is 6.08. The van der Waals surface area contributed by atoms with Crippen LogP contribution in [0.2, 0.25) is 5.02 Å². The van der Waals surface area contributed by atoms with Crippen molar-refractivity contribution in [1.82, 2.24) is 9.47 Å². The Bertz CT molecular complexity index is 1020. The highest BCUT2D eigenvalue weighted by molar-refractivity contribution is 6.30. The Morgan fingerprint density at radius 2 is 1.79 bits per heavy atom. The number of carbonyl (C=O) groups excluding carboxylic acids is 1. The lowest BCUT2D eigenvalue weighted by molar-refractivity contribution is 0.182. The topological polar surface area (TPSA) is 37.3 Å². The first-order chi connectivity index (χ1) is 13.8. The van der Waals surface area contributed by atoms with E-state index in [1.165, 1.54) is 5.56 Å². The fourth-order valence-corrected chi connectivity index (χ4v) is 4.07. The van der Waals surface area contributed by atoms with Gasteiger partial charge in [0.2, 0.25) is 0 Å². The summed E-state index contributed by atoms with van der Waals surface area (Å²) in [4.78, 5) is 15.1. The molecule has 1 aliphatic heterocycles. The summed E-state index contributed by atoms with van der Waals surface area (Å²) in [7, 11) is 0. The van der Waals surface area contributed by atoms with Gasteiger partial charge in [-0.3, -0.25) is 0 Å². The SMILES string of the molecule is CC(C)(C)c1ccc(C2c3cccn3CCN2C(=O)Nc2cccc(Cl)c2)cc1. The molecule has 4 rings (SSSR count). The molecule has 0 bridgehead atoms. The number of amides is 2. The van der Waals surface area contributed by atoms with Crippen molar-refractivity contribution in [3.8, 4) is 0 Å². The van der Waals surface area contributed by atoms with E-state index >= 15 is 0 Å². The average molecular weight is 408 g/mol. The van der Waals surface area contributed by atoms with Crippen LogP contribution in [-0.2, 0) is 12.0 Å². The zero-order chi connectivity index (χ0) is 20.6. The summed E-state index contributed by atoms with van der Waals surface area (Å²) < 4.78 is 2.23. The molecule has 2 heterocycles. The van der Waals surface area contributed by atoms with Gasteiger partial charge in [0.1, 0.15) is 0 Å². The Morgan fingerprint density at radius 1 is 1.03 bits per heavy atom. The van der Waals surface area contributed by atoms with E-state index in [1.54, 1.807) is 12.1 Å². The maximum absolute atomic E-state index is 13.2. The molecular weight excluding hydrogens is 382 g/mol. The smallest absolute Gasteiger partial charge is 0.322 e. The Balaban J connectivity index is 1.67. The van der Waals surface area contributed by atoms with Gasteiger partial charge in [0.25, 0.3) is 0 Å². The van der Waals surface area contributed by atoms with Gasteiger partial charge in [-0.2, -0.15) is 0 Å². The average Bonchev–Trinajstić information content (AvgIpc) is 3.15. The molecule has 2 amide bonds. The first kappa shape index (κ1) is 19.6. The van der Waals surface area contributed by atoms with Gasteiger partial charge in [0, 0.05) is 35.7 Å². The van der Waals surface area contributed by atoms with Crippen LogP contribution in [0.15, 0.2) is 66.9 Å². The Labute approximate surface area is 177 Å². The summed E-state index contributed by atoms with van der Waals surface area (Å²) in [5.41, 5.74) is 4.31. The molecule has 1 unspecified atom stereocenters. The zero-order valence-electron chi connectivity index (χ0n) is 17.0. The molecule has 0 radical (unpaired) electrons.